The van der Waals surface area contributed by atoms with Crippen LogP contribution in [0.25, 0.3) is 0 Å². The molecule has 2 atom stereocenters. The van der Waals surface area contributed by atoms with Crippen LogP contribution in [0.2, 0.25) is 0 Å². The Bertz CT molecular complexity index is 363. The van der Waals surface area contributed by atoms with Gasteiger partial charge in [-0.1, -0.05) is 62.2 Å². The summed E-state index contributed by atoms with van der Waals surface area (Å²) >= 11 is 0. The smallest absolute Gasteiger partial charge is 0.0203 e. The highest BCUT2D eigenvalue weighted by Crippen LogP contribution is 2.37. The third kappa shape index (κ3) is 3.73. The van der Waals surface area contributed by atoms with Crippen molar-refractivity contribution in [1.29, 1.82) is 0 Å². The lowest BCUT2D eigenvalue weighted by Crippen LogP contribution is -1.98. The fourth-order valence-corrected chi connectivity index (χ4v) is 3.10. The third-order valence-electron chi connectivity index (χ3n) is 4.47. The van der Waals surface area contributed by atoms with Gasteiger partial charge in [-0.15, -0.1) is 0 Å². The van der Waals surface area contributed by atoms with E-state index in [9.17, 15) is 0 Å². The Kier molecular flexibility index (Phi) is 5.04. The average Bonchev–Trinajstić information content (AvgIpc) is 2.71. The van der Waals surface area contributed by atoms with Gasteiger partial charge in [0.15, 0.2) is 0 Å². The van der Waals surface area contributed by atoms with Crippen molar-refractivity contribution >= 4 is 0 Å². The molecule has 2 rings (SSSR count). The Morgan fingerprint density at radius 1 is 1.06 bits per heavy atom. The van der Waals surface area contributed by atoms with Crippen molar-refractivity contribution in [3.63, 3.8) is 0 Å². The Morgan fingerprint density at radius 2 is 1.83 bits per heavy atom. The standard InChI is InChI=1S/C18H26/c1-15-13-14-18(16(15)2)12-8-4-7-11-17-9-5-3-6-10-17/h3,5-6,9-10,15,18H,2,4,7-8,11-14H2,1H3. The SMILES string of the molecule is C=C1C(C)CCC1CCCCCc1ccccc1. The van der Waals surface area contributed by atoms with Crippen LogP contribution >= 0.6 is 0 Å². The molecule has 0 radical (unpaired) electrons. The van der Waals surface area contributed by atoms with E-state index in [2.05, 4.69) is 43.8 Å². The summed E-state index contributed by atoms with van der Waals surface area (Å²) in [6.45, 7) is 6.59. The Morgan fingerprint density at radius 3 is 2.50 bits per heavy atom. The largest absolute Gasteiger partial charge is 0.0993 e. The molecule has 1 saturated carbocycles. The van der Waals surface area contributed by atoms with Crippen LogP contribution in [0.15, 0.2) is 42.5 Å². The van der Waals surface area contributed by atoms with Gasteiger partial charge in [0, 0.05) is 0 Å². The lowest BCUT2D eigenvalue weighted by molar-refractivity contribution is 0.521. The lowest BCUT2D eigenvalue weighted by Gasteiger charge is -2.12. The summed E-state index contributed by atoms with van der Waals surface area (Å²) in [6, 6.07) is 10.8. The maximum Gasteiger partial charge on any atom is -0.0203 e. The normalized spacial score (nSPS) is 23.5. The van der Waals surface area contributed by atoms with E-state index in [4.69, 9.17) is 0 Å². The Hall–Kier alpha value is -1.04. The van der Waals surface area contributed by atoms with E-state index >= 15 is 0 Å². The van der Waals surface area contributed by atoms with E-state index in [-0.39, 0.29) is 0 Å². The molecule has 0 amide bonds. The third-order valence-corrected chi connectivity index (χ3v) is 4.47. The van der Waals surface area contributed by atoms with Gasteiger partial charge >= 0.3 is 0 Å². The second-order valence-electron chi connectivity index (χ2n) is 5.84. The van der Waals surface area contributed by atoms with E-state index in [0.29, 0.717) is 0 Å². The van der Waals surface area contributed by atoms with Crippen molar-refractivity contribution in [3.05, 3.63) is 48.0 Å². The highest BCUT2D eigenvalue weighted by atomic mass is 14.3. The number of hydrogen-bond donors (Lipinski definition) is 0. The van der Waals surface area contributed by atoms with Crippen molar-refractivity contribution in [3.8, 4) is 0 Å². The maximum atomic E-state index is 4.26. The molecule has 1 fully saturated rings. The van der Waals surface area contributed by atoms with Gasteiger partial charge in [-0.3, -0.25) is 0 Å². The van der Waals surface area contributed by atoms with Crippen molar-refractivity contribution in [2.75, 3.05) is 0 Å². The first-order valence-corrected chi connectivity index (χ1v) is 7.50. The first kappa shape index (κ1) is 13.4. The molecule has 1 aromatic rings. The van der Waals surface area contributed by atoms with Crippen molar-refractivity contribution < 1.29 is 0 Å². The fraction of sp³-hybridized carbons (Fsp3) is 0.556. The molecule has 0 bridgehead atoms. The van der Waals surface area contributed by atoms with Crippen LogP contribution in [0.4, 0.5) is 0 Å². The van der Waals surface area contributed by atoms with Crippen LogP contribution in [0.1, 0.15) is 51.0 Å². The van der Waals surface area contributed by atoms with Gasteiger partial charge in [0.05, 0.1) is 0 Å². The zero-order valence-corrected chi connectivity index (χ0v) is 11.7. The Labute approximate surface area is 112 Å². The molecule has 1 aromatic carbocycles. The predicted octanol–water partition coefficient (Wildman–Crippen LogP) is 5.39. The quantitative estimate of drug-likeness (QED) is 0.463. The second-order valence-corrected chi connectivity index (χ2v) is 5.84. The summed E-state index contributed by atoms with van der Waals surface area (Å²) in [4.78, 5) is 0. The van der Waals surface area contributed by atoms with Gasteiger partial charge in [-0.05, 0) is 49.5 Å². The highest BCUT2D eigenvalue weighted by Gasteiger charge is 2.24. The van der Waals surface area contributed by atoms with Crippen LogP contribution < -0.4 is 0 Å². The zero-order chi connectivity index (χ0) is 12.8. The van der Waals surface area contributed by atoms with Crippen LogP contribution in [0, 0.1) is 11.8 Å². The summed E-state index contributed by atoms with van der Waals surface area (Å²) in [5.41, 5.74) is 3.01. The summed E-state index contributed by atoms with van der Waals surface area (Å²) < 4.78 is 0. The minimum absolute atomic E-state index is 0.777. The molecule has 0 spiro atoms. The molecule has 2 unspecified atom stereocenters. The number of allylic oxidation sites excluding steroid dienone is 1. The summed E-state index contributed by atoms with van der Waals surface area (Å²) in [5.74, 6) is 1.61. The summed E-state index contributed by atoms with van der Waals surface area (Å²) in [6.07, 6.45) is 9.45. The topological polar surface area (TPSA) is 0 Å². The molecule has 0 heteroatoms. The molecule has 1 aliphatic carbocycles. The lowest BCUT2D eigenvalue weighted by atomic mass is 9.94. The van der Waals surface area contributed by atoms with Crippen molar-refractivity contribution in [2.24, 2.45) is 11.8 Å². The van der Waals surface area contributed by atoms with Gasteiger partial charge in [0.2, 0.25) is 0 Å². The van der Waals surface area contributed by atoms with E-state index in [1.165, 1.54) is 56.1 Å². The monoisotopic (exact) mass is 242 g/mol. The molecular weight excluding hydrogens is 216 g/mol. The van der Waals surface area contributed by atoms with Gasteiger partial charge in [-0.25, -0.2) is 0 Å². The summed E-state index contributed by atoms with van der Waals surface area (Å²) in [7, 11) is 0. The van der Waals surface area contributed by atoms with Crippen LogP contribution in [0.3, 0.4) is 0 Å². The average molecular weight is 242 g/mol. The molecule has 18 heavy (non-hydrogen) atoms. The molecule has 1 aliphatic rings. The van der Waals surface area contributed by atoms with Crippen LogP contribution in [-0.4, -0.2) is 0 Å². The summed E-state index contributed by atoms with van der Waals surface area (Å²) in [5, 5.41) is 0. The molecule has 0 aliphatic heterocycles. The van der Waals surface area contributed by atoms with Gasteiger partial charge in [-0.2, -0.15) is 0 Å². The fourth-order valence-electron chi connectivity index (χ4n) is 3.10. The first-order valence-electron chi connectivity index (χ1n) is 7.50. The molecular formula is C18H26. The number of benzene rings is 1. The van der Waals surface area contributed by atoms with E-state index in [1.54, 1.807) is 0 Å². The Balaban J connectivity index is 1.58. The number of aryl methyl sites for hydroxylation is 1. The minimum Gasteiger partial charge on any atom is -0.0993 e. The first-order chi connectivity index (χ1) is 8.77. The zero-order valence-electron chi connectivity index (χ0n) is 11.7. The molecule has 0 saturated heterocycles. The highest BCUT2D eigenvalue weighted by molar-refractivity contribution is 5.14. The molecule has 0 N–H and O–H groups in total. The minimum atomic E-state index is 0.777. The van der Waals surface area contributed by atoms with Crippen molar-refractivity contribution in [1.82, 2.24) is 0 Å². The van der Waals surface area contributed by atoms with Crippen LogP contribution in [0.5, 0.6) is 0 Å². The number of unbranched alkanes of at least 4 members (excludes halogenated alkanes) is 2. The van der Waals surface area contributed by atoms with E-state index in [1.807, 2.05) is 0 Å². The molecule has 0 aromatic heterocycles. The van der Waals surface area contributed by atoms with Gasteiger partial charge < -0.3 is 0 Å². The molecule has 0 heterocycles. The van der Waals surface area contributed by atoms with Gasteiger partial charge in [0.25, 0.3) is 0 Å². The maximum absolute atomic E-state index is 4.26. The number of rotatable bonds is 6. The van der Waals surface area contributed by atoms with Gasteiger partial charge in [0.1, 0.15) is 0 Å². The molecule has 0 nitrogen and oxygen atoms in total. The van der Waals surface area contributed by atoms with E-state index < -0.39 is 0 Å². The van der Waals surface area contributed by atoms with Crippen molar-refractivity contribution in [2.45, 2.75) is 51.9 Å². The van der Waals surface area contributed by atoms with Crippen LogP contribution in [-0.2, 0) is 6.42 Å². The van der Waals surface area contributed by atoms with E-state index in [0.717, 1.165) is 11.8 Å². The molecule has 98 valence electrons. The second kappa shape index (κ2) is 6.78. The number of hydrogen-bond acceptors (Lipinski definition) is 0. The predicted molar refractivity (Wildman–Crippen MR) is 79.6 cm³/mol.